The fraction of sp³-hybridized carbons (Fsp3) is 0.200. The number of methoxy groups -OCH3 is 1. The van der Waals surface area contributed by atoms with Crippen molar-refractivity contribution in [3.8, 4) is 16.9 Å². The topological polar surface area (TPSA) is 21.3 Å². The van der Waals surface area contributed by atoms with E-state index in [1.807, 2.05) is 49.5 Å². The van der Waals surface area contributed by atoms with Gasteiger partial charge in [-0.1, -0.05) is 35.9 Å². The molecule has 2 aromatic carbocycles. The van der Waals surface area contributed by atoms with Gasteiger partial charge in [0.15, 0.2) is 0 Å². The van der Waals surface area contributed by atoms with E-state index in [4.69, 9.17) is 16.3 Å². The molecule has 0 saturated carbocycles. The van der Waals surface area contributed by atoms with E-state index in [-0.39, 0.29) is 0 Å². The van der Waals surface area contributed by atoms with Crippen molar-refractivity contribution >= 4 is 11.6 Å². The van der Waals surface area contributed by atoms with Crippen LogP contribution in [0.3, 0.4) is 0 Å². The average molecular weight is 262 g/mol. The van der Waals surface area contributed by atoms with Gasteiger partial charge >= 0.3 is 0 Å². The van der Waals surface area contributed by atoms with Crippen molar-refractivity contribution in [1.29, 1.82) is 0 Å². The van der Waals surface area contributed by atoms with Gasteiger partial charge in [-0.2, -0.15) is 0 Å². The van der Waals surface area contributed by atoms with Crippen LogP contribution in [-0.2, 0) is 6.54 Å². The Bertz CT molecular complexity index is 540. The number of benzene rings is 2. The van der Waals surface area contributed by atoms with Crippen LogP contribution in [-0.4, -0.2) is 14.2 Å². The predicted molar refractivity (Wildman–Crippen MR) is 76.2 cm³/mol. The minimum atomic E-state index is 0.732. The van der Waals surface area contributed by atoms with Crippen LogP contribution < -0.4 is 10.1 Å². The van der Waals surface area contributed by atoms with Gasteiger partial charge in [0, 0.05) is 17.1 Å². The summed E-state index contributed by atoms with van der Waals surface area (Å²) in [5.41, 5.74) is 3.37. The van der Waals surface area contributed by atoms with Crippen LogP contribution in [0, 0.1) is 0 Å². The summed E-state index contributed by atoms with van der Waals surface area (Å²) in [6, 6.07) is 13.9. The molecule has 0 aliphatic rings. The molecule has 0 aliphatic heterocycles. The maximum absolute atomic E-state index is 6.10. The molecule has 3 heteroatoms. The Kier molecular flexibility index (Phi) is 4.24. The Morgan fingerprint density at radius 1 is 1.11 bits per heavy atom. The Hall–Kier alpha value is -1.51. The van der Waals surface area contributed by atoms with E-state index < -0.39 is 0 Å². The first-order valence-corrected chi connectivity index (χ1v) is 6.20. The van der Waals surface area contributed by atoms with Gasteiger partial charge in [0.2, 0.25) is 0 Å². The highest BCUT2D eigenvalue weighted by Crippen LogP contribution is 2.33. The van der Waals surface area contributed by atoms with Gasteiger partial charge in [0.05, 0.1) is 7.11 Å². The molecule has 0 radical (unpaired) electrons. The molecule has 2 nitrogen and oxygen atoms in total. The van der Waals surface area contributed by atoms with Crippen LogP contribution in [0.2, 0.25) is 5.02 Å². The van der Waals surface area contributed by atoms with Gasteiger partial charge in [-0.3, -0.25) is 0 Å². The number of nitrogens with one attached hydrogen (secondary N) is 1. The third kappa shape index (κ3) is 2.66. The van der Waals surface area contributed by atoms with E-state index in [1.165, 1.54) is 5.56 Å². The van der Waals surface area contributed by atoms with Crippen LogP contribution >= 0.6 is 11.6 Å². The minimum Gasteiger partial charge on any atom is -0.496 e. The number of ether oxygens (including phenoxy) is 1. The molecule has 0 fully saturated rings. The normalized spacial score (nSPS) is 10.4. The fourth-order valence-corrected chi connectivity index (χ4v) is 2.18. The zero-order valence-corrected chi connectivity index (χ0v) is 11.3. The number of para-hydroxylation sites is 1. The molecular weight excluding hydrogens is 246 g/mol. The number of rotatable bonds is 4. The Morgan fingerprint density at radius 2 is 1.89 bits per heavy atom. The molecule has 94 valence electrons. The van der Waals surface area contributed by atoms with E-state index in [9.17, 15) is 0 Å². The minimum absolute atomic E-state index is 0.732. The smallest absolute Gasteiger partial charge is 0.126 e. The molecule has 0 atom stereocenters. The lowest BCUT2D eigenvalue weighted by Crippen LogP contribution is -2.06. The molecule has 0 unspecified atom stereocenters. The summed E-state index contributed by atoms with van der Waals surface area (Å²) in [4.78, 5) is 0. The van der Waals surface area contributed by atoms with Crippen molar-refractivity contribution in [3.05, 3.63) is 53.1 Å². The van der Waals surface area contributed by atoms with Crippen molar-refractivity contribution in [3.63, 3.8) is 0 Å². The second kappa shape index (κ2) is 5.89. The van der Waals surface area contributed by atoms with Crippen molar-refractivity contribution < 1.29 is 4.74 Å². The van der Waals surface area contributed by atoms with E-state index in [0.29, 0.717) is 0 Å². The van der Waals surface area contributed by atoms with Gasteiger partial charge in [0.1, 0.15) is 5.75 Å². The van der Waals surface area contributed by atoms with Crippen molar-refractivity contribution in [2.75, 3.05) is 14.2 Å². The third-order valence-electron chi connectivity index (χ3n) is 2.84. The van der Waals surface area contributed by atoms with Crippen molar-refractivity contribution in [2.45, 2.75) is 6.54 Å². The monoisotopic (exact) mass is 261 g/mol. The first kappa shape index (κ1) is 12.9. The van der Waals surface area contributed by atoms with Crippen LogP contribution in [0.5, 0.6) is 5.75 Å². The van der Waals surface area contributed by atoms with E-state index in [0.717, 1.165) is 28.4 Å². The number of hydrogen-bond acceptors (Lipinski definition) is 2. The molecule has 0 bridgehead atoms. The Labute approximate surface area is 113 Å². The largest absolute Gasteiger partial charge is 0.496 e. The maximum atomic E-state index is 6.10. The molecule has 0 saturated heterocycles. The van der Waals surface area contributed by atoms with Gasteiger partial charge in [0.25, 0.3) is 0 Å². The second-order valence-corrected chi connectivity index (χ2v) is 4.47. The number of hydrogen-bond donors (Lipinski definition) is 1. The zero-order valence-electron chi connectivity index (χ0n) is 10.5. The van der Waals surface area contributed by atoms with Crippen molar-refractivity contribution in [2.24, 2.45) is 0 Å². The van der Waals surface area contributed by atoms with Crippen LogP contribution in [0.15, 0.2) is 42.5 Å². The lowest BCUT2D eigenvalue weighted by molar-refractivity contribution is 0.416. The first-order chi connectivity index (χ1) is 8.76. The molecular formula is C15H16ClNO. The Balaban J connectivity index is 2.57. The molecule has 1 N–H and O–H groups in total. The summed E-state index contributed by atoms with van der Waals surface area (Å²) in [5.74, 6) is 0.858. The van der Waals surface area contributed by atoms with Gasteiger partial charge in [-0.05, 0) is 36.4 Å². The van der Waals surface area contributed by atoms with E-state index in [2.05, 4.69) is 5.32 Å². The molecule has 0 heterocycles. The average Bonchev–Trinajstić information content (AvgIpc) is 2.41. The summed E-state index contributed by atoms with van der Waals surface area (Å²) < 4.78 is 5.41. The third-order valence-corrected chi connectivity index (χ3v) is 3.07. The molecule has 18 heavy (non-hydrogen) atoms. The quantitative estimate of drug-likeness (QED) is 0.905. The highest BCUT2D eigenvalue weighted by Gasteiger charge is 2.10. The second-order valence-electron chi connectivity index (χ2n) is 4.03. The maximum Gasteiger partial charge on any atom is 0.126 e. The summed E-state index contributed by atoms with van der Waals surface area (Å²) in [5, 5.41) is 3.90. The number of halogens is 1. The van der Waals surface area contributed by atoms with Gasteiger partial charge in [-0.15, -0.1) is 0 Å². The summed E-state index contributed by atoms with van der Waals surface area (Å²) in [7, 11) is 3.61. The van der Waals surface area contributed by atoms with E-state index >= 15 is 0 Å². The fourth-order valence-electron chi connectivity index (χ4n) is 2.01. The molecule has 2 rings (SSSR count). The SMILES string of the molecule is CNCc1ccc(Cl)cc1-c1ccccc1OC. The molecule has 0 amide bonds. The van der Waals surface area contributed by atoms with Crippen LogP contribution in [0.4, 0.5) is 0 Å². The summed E-state index contributed by atoms with van der Waals surface area (Å²) >= 11 is 6.10. The lowest BCUT2D eigenvalue weighted by Gasteiger charge is -2.13. The highest BCUT2D eigenvalue weighted by molar-refractivity contribution is 6.30. The zero-order chi connectivity index (χ0) is 13.0. The van der Waals surface area contributed by atoms with Crippen molar-refractivity contribution in [1.82, 2.24) is 5.32 Å². The van der Waals surface area contributed by atoms with E-state index in [1.54, 1.807) is 7.11 Å². The highest BCUT2D eigenvalue weighted by atomic mass is 35.5. The van der Waals surface area contributed by atoms with Gasteiger partial charge in [-0.25, -0.2) is 0 Å². The predicted octanol–water partition coefficient (Wildman–Crippen LogP) is 3.74. The Morgan fingerprint density at radius 3 is 2.61 bits per heavy atom. The summed E-state index contributed by atoms with van der Waals surface area (Å²) in [6.07, 6.45) is 0. The molecule has 2 aromatic rings. The standard InChI is InChI=1S/C15H16ClNO/c1-17-10-11-7-8-12(16)9-14(11)13-5-3-4-6-15(13)18-2/h3-9,17H,10H2,1-2H3. The summed E-state index contributed by atoms with van der Waals surface area (Å²) in [6.45, 7) is 0.796. The molecule has 0 aliphatic carbocycles. The van der Waals surface area contributed by atoms with Gasteiger partial charge < -0.3 is 10.1 Å². The van der Waals surface area contributed by atoms with Crippen LogP contribution in [0.1, 0.15) is 5.56 Å². The first-order valence-electron chi connectivity index (χ1n) is 5.82. The van der Waals surface area contributed by atoms with Crippen LogP contribution in [0.25, 0.3) is 11.1 Å². The molecule has 0 spiro atoms. The lowest BCUT2D eigenvalue weighted by atomic mass is 9.99. The molecule has 0 aromatic heterocycles.